The molecule has 0 aliphatic rings. The molecule has 4 nitrogen and oxygen atoms in total. The first-order valence-corrected chi connectivity index (χ1v) is 11.8. The Labute approximate surface area is 204 Å². The third-order valence-electron chi connectivity index (χ3n) is 5.46. The van der Waals surface area contributed by atoms with Gasteiger partial charge in [-0.2, -0.15) is 0 Å². The molecule has 0 bridgehead atoms. The van der Waals surface area contributed by atoms with Gasteiger partial charge in [0.1, 0.15) is 0 Å². The minimum atomic E-state index is 0.778. The molecule has 0 aromatic carbocycles. The molecule has 0 radical (unpaired) electrons. The summed E-state index contributed by atoms with van der Waals surface area (Å²) >= 11 is 0. The van der Waals surface area contributed by atoms with Gasteiger partial charge in [-0.15, -0.1) is 0 Å². The summed E-state index contributed by atoms with van der Waals surface area (Å²) in [6.45, 7) is 16.5. The van der Waals surface area contributed by atoms with Crippen LogP contribution in [0.1, 0.15) is 59.7 Å². The first kappa shape index (κ1) is 25.1. The predicted octanol–water partition coefficient (Wildman–Crippen LogP) is 6.77. The molecule has 3 rings (SSSR count). The SMILES string of the molecule is C=C(/C=C(C)\C=C(\C)N)c1cc(C)cc(CCCc2cc(C)cc(-c3cc(C)cc(C)n3)n2)n1. The van der Waals surface area contributed by atoms with Crippen LogP contribution in [0.25, 0.3) is 17.0 Å². The summed E-state index contributed by atoms with van der Waals surface area (Å²) in [6.07, 6.45) is 6.73. The van der Waals surface area contributed by atoms with Crippen molar-refractivity contribution in [2.45, 2.75) is 60.8 Å². The van der Waals surface area contributed by atoms with Gasteiger partial charge in [0.25, 0.3) is 0 Å². The van der Waals surface area contributed by atoms with Crippen LogP contribution in [-0.4, -0.2) is 15.0 Å². The average molecular weight is 453 g/mol. The third-order valence-corrected chi connectivity index (χ3v) is 5.46. The molecule has 4 heteroatoms. The van der Waals surface area contributed by atoms with Crippen LogP contribution in [0, 0.1) is 27.7 Å². The second kappa shape index (κ2) is 11.1. The molecule has 0 atom stereocenters. The van der Waals surface area contributed by atoms with E-state index in [1.807, 2.05) is 32.9 Å². The molecule has 0 fully saturated rings. The zero-order valence-electron chi connectivity index (χ0n) is 21.4. The van der Waals surface area contributed by atoms with Gasteiger partial charge in [0.2, 0.25) is 0 Å². The Morgan fingerprint density at radius 3 is 1.94 bits per heavy atom. The van der Waals surface area contributed by atoms with Crippen molar-refractivity contribution in [1.29, 1.82) is 0 Å². The Morgan fingerprint density at radius 1 is 0.765 bits per heavy atom. The van der Waals surface area contributed by atoms with E-state index in [0.717, 1.165) is 70.3 Å². The minimum Gasteiger partial charge on any atom is -0.402 e. The number of nitrogens with zero attached hydrogens (tertiary/aromatic N) is 3. The topological polar surface area (TPSA) is 64.7 Å². The van der Waals surface area contributed by atoms with Crippen LogP contribution in [0.4, 0.5) is 0 Å². The van der Waals surface area contributed by atoms with Gasteiger partial charge in [-0.3, -0.25) is 15.0 Å². The maximum atomic E-state index is 5.79. The number of nitrogens with two attached hydrogens (primary N) is 1. The Kier molecular flexibility index (Phi) is 8.17. The normalized spacial score (nSPS) is 12.2. The lowest BCUT2D eigenvalue weighted by Gasteiger charge is -2.10. The molecular formula is C30H36N4. The third kappa shape index (κ3) is 7.24. The highest BCUT2D eigenvalue weighted by atomic mass is 14.8. The molecule has 0 amide bonds. The van der Waals surface area contributed by atoms with Crippen molar-refractivity contribution < 1.29 is 0 Å². The number of rotatable bonds is 8. The molecule has 0 saturated heterocycles. The summed E-state index contributed by atoms with van der Waals surface area (Å²) in [7, 11) is 0. The van der Waals surface area contributed by atoms with Crippen molar-refractivity contribution in [3.05, 3.63) is 106 Å². The van der Waals surface area contributed by atoms with Crippen LogP contribution < -0.4 is 5.73 Å². The highest BCUT2D eigenvalue weighted by Gasteiger charge is 2.08. The van der Waals surface area contributed by atoms with Crippen LogP contribution in [-0.2, 0) is 12.8 Å². The van der Waals surface area contributed by atoms with Gasteiger partial charge in [0.05, 0.1) is 17.1 Å². The molecule has 0 saturated carbocycles. The number of hydrogen-bond donors (Lipinski definition) is 1. The molecule has 0 aliphatic heterocycles. The van der Waals surface area contributed by atoms with Gasteiger partial charge in [-0.05, 0) is 131 Å². The second-order valence-corrected chi connectivity index (χ2v) is 9.37. The standard InChI is InChI=1S/C30H36N4/c1-19(12-24(6)31)11-23(5)28-16-21(3)14-26(33-28)9-8-10-27-15-22(4)18-30(34-27)29-17-20(2)13-25(7)32-29/h11-18H,5,8-10,31H2,1-4,6-7H3/b19-11-,24-12-. The van der Waals surface area contributed by atoms with Crippen LogP contribution in [0.15, 0.2) is 66.4 Å². The Bertz CT molecular complexity index is 1240. The fourth-order valence-corrected chi connectivity index (χ4v) is 4.20. The molecule has 2 N–H and O–H groups in total. The molecule has 0 aliphatic carbocycles. The predicted molar refractivity (Wildman–Crippen MR) is 143 cm³/mol. The molecular weight excluding hydrogens is 416 g/mol. The Balaban J connectivity index is 1.73. The van der Waals surface area contributed by atoms with Crippen molar-refractivity contribution in [2.24, 2.45) is 5.73 Å². The van der Waals surface area contributed by atoms with Crippen molar-refractivity contribution in [1.82, 2.24) is 15.0 Å². The summed E-state index contributed by atoms with van der Waals surface area (Å²) < 4.78 is 0. The van der Waals surface area contributed by atoms with Crippen LogP contribution >= 0.6 is 0 Å². The van der Waals surface area contributed by atoms with Gasteiger partial charge >= 0.3 is 0 Å². The van der Waals surface area contributed by atoms with Crippen LogP contribution in [0.3, 0.4) is 0 Å². The van der Waals surface area contributed by atoms with Gasteiger partial charge in [-0.1, -0.05) is 12.7 Å². The van der Waals surface area contributed by atoms with E-state index < -0.39 is 0 Å². The van der Waals surface area contributed by atoms with Crippen LogP contribution in [0.5, 0.6) is 0 Å². The lowest BCUT2D eigenvalue weighted by atomic mass is 10.0. The van der Waals surface area contributed by atoms with Crippen molar-refractivity contribution >= 4 is 5.57 Å². The number of pyridine rings is 3. The summed E-state index contributed by atoms with van der Waals surface area (Å²) in [5.41, 5.74) is 18.1. The first-order valence-electron chi connectivity index (χ1n) is 11.8. The summed E-state index contributed by atoms with van der Waals surface area (Å²) in [5.74, 6) is 0. The molecule has 3 aromatic rings. The van der Waals surface area contributed by atoms with Gasteiger partial charge in [0.15, 0.2) is 0 Å². The van der Waals surface area contributed by atoms with Gasteiger partial charge in [0, 0.05) is 22.8 Å². The van der Waals surface area contributed by atoms with Crippen molar-refractivity contribution in [3.8, 4) is 11.4 Å². The molecule has 176 valence electrons. The lowest BCUT2D eigenvalue weighted by molar-refractivity contribution is 0.779. The van der Waals surface area contributed by atoms with E-state index in [1.54, 1.807) is 0 Å². The van der Waals surface area contributed by atoms with E-state index in [0.29, 0.717) is 0 Å². The highest BCUT2D eigenvalue weighted by molar-refractivity contribution is 5.71. The monoisotopic (exact) mass is 452 g/mol. The molecule has 3 heterocycles. The van der Waals surface area contributed by atoms with Crippen molar-refractivity contribution in [3.63, 3.8) is 0 Å². The fourth-order valence-electron chi connectivity index (χ4n) is 4.20. The summed E-state index contributed by atoms with van der Waals surface area (Å²) in [5, 5.41) is 0. The summed E-state index contributed by atoms with van der Waals surface area (Å²) in [4.78, 5) is 14.5. The maximum absolute atomic E-state index is 5.79. The van der Waals surface area contributed by atoms with Gasteiger partial charge < -0.3 is 5.73 Å². The number of hydrogen-bond acceptors (Lipinski definition) is 4. The van der Waals surface area contributed by atoms with Gasteiger partial charge in [-0.25, -0.2) is 0 Å². The quantitative estimate of drug-likeness (QED) is 0.383. The summed E-state index contributed by atoms with van der Waals surface area (Å²) in [6, 6.07) is 12.7. The van der Waals surface area contributed by atoms with E-state index in [-0.39, 0.29) is 0 Å². The molecule has 3 aromatic heterocycles. The number of allylic oxidation sites excluding steroid dienone is 5. The minimum absolute atomic E-state index is 0.778. The molecule has 0 unspecified atom stereocenters. The zero-order valence-corrected chi connectivity index (χ0v) is 21.4. The highest BCUT2D eigenvalue weighted by Crippen LogP contribution is 2.21. The fraction of sp³-hybridized carbons (Fsp3) is 0.300. The van der Waals surface area contributed by atoms with E-state index >= 15 is 0 Å². The van der Waals surface area contributed by atoms with E-state index in [9.17, 15) is 0 Å². The Hall–Kier alpha value is -3.53. The number of aryl methyl sites for hydroxylation is 6. The van der Waals surface area contributed by atoms with Crippen LogP contribution in [0.2, 0.25) is 0 Å². The largest absolute Gasteiger partial charge is 0.402 e. The van der Waals surface area contributed by atoms with E-state index in [1.165, 1.54) is 16.7 Å². The molecule has 0 spiro atoms. The zero-order chi connectivity index (χ0) is 24.8. The maximum Gasteiger partial charge on any atom is 0.0892 e. The second-order valence-electron chi connectivity index (χ2n) is 9.37. The smallest absolute Gasteiger partial charge is 0.0892 e. The average Bonchev–Trinajstić information content (AvgIpc) is 2.71. The number of aromatic nitrogens is 3. The first-order chi connectivity index (χ1) is 16.1. The lowest BCUT2D eigenvalue weighted by Crippen LogP contribution is -2.00. The Morgan fingerprint density at radius 2 is 1.32 bits per heavy atom. The van der Waals surface area contributed by atoms with E-state index in [4.69, 9.17) is 20.7 Å². The molecule has 34 heavy (non-hydrogen) atoms. The van der Waals surface area contributed by atoms with Crippen molar-refractivity contribution in [2.75, 3.05) is 0 Å². The van der Waals surface area contributed by atoms with E-state index in [2.05, 4.69) is 63.7 Å².